The van der Waals surface area contributed by atoms with Crippen LogP contribution in [0, 0.1) is 18.7 Å². The highest BCUT2D eigenvalue weighted by atomic mass is 79.9. The fourth-order valence-corrected chi connectivity index (χ4v) is 4.24. The molecule has 33 heavy (non-hydrogen) atoms. The van der Waals surface area contributed by atoms with Crippen molar-refractivity contribution in [3.05, 3.63) is 64.5 Å². The Morgan fingerprint density at radius 1 is 1.18 bits per heavy atom. The Hall–Kier alpha value is -3.20. The van der Waals surface area contributed by atoms with Gasteiger partial charge >= 0.3 is 0 Å². The van der Waals surface area contributed by atoms with E-state index in [1.165, 1.54) is 18.1 Å². The first kappa shape index (κ1) is 23.0. The van der Waals surface area contributed by atoms with Crippen molar-refractivity contribution < 1.29 is 23.5 Å². The molecule has 0 saturated heterocycles. The summed E-state index contributed by atoms with van der Waals surface area (Å²) in [6, 6.07) is 10.0. The van der Waals surface area contributed by atoms with Crippen LogP contribution in [0.3, 0.4) is 0 Å². The molecule has 1 saturated carbocycles. The lowest BCUT2D eigenvalue weighted by Crippen LogP contribution is -2.43. The van der Waals surface area contributed by atoms with Crippen LogP contribution in [0.15, 0.2) is 42.0 Å². The summed E-state index contributed by atoms with van der Waals surface area (Å²) in [6.07, 6.45) is 1.39. The predicted octanol–water partition coefficient (Wildman–Crippen LogP) is 3.74. The third kappa shape index (κ3) is 4.93. The van der Waals surface area contributed by atoms with Gasteiger partial charge in [0.15, 0.2) is 0 Å². The molecule has 7 nitrogen and oxygen atoms in total. The van der Waals surface area contributed by atoms with Gasteiger partial charge in [-0.25, -0.2) is 4.39 Å². The fourth-order valence-electron chi connectivity index (χ4n) is 3.58. The summed E-state index contributed by atoms with van der Waals surface area (Å²) in [5.41, 5.74) is 7.27. The largest absolute Gasteiger partial charge is 0.497 e. The maximum atomic E-state index is 14.1. The Morgan fingerprint density at radius 2 is 1.94 bits per heavy atom. The van der Waals surface area contributed by atoms with Crippen molar-refractivity contribution >= 4 is 43.8 Å². The second-order valence-corrected chi connectivity index (χ2v) is 8.93. The normalized spacial score (nSPS) is 15.6. The van der Waals surface area contributed by atoms with Crippen molar-refractivity contribution in [2.24, 2.45) is 5.92 Å². The Morgan fingerprint density at radius 3 is 2.61 bits per heavy atom. The van der Waals surface area contributed by atoms with Crippen molar-refractivity contribution in [2.75, 3.05) is 12.0 Å². The minimum atomic E-state index is -0.575. The zero-order valence-corrected chi connectivity index (χ0v) is 19.8. The van der Waals surface area contributed by atoms with Gasteiger partial charge in [0.2, 0.25) is 11.8 Å². The van der Waals surface area contributed by atoms with Gasteiger partial charge in [-0.15, -0.1) is 0 Å². The quantitative estimate of drug-likeness (QED) is 0.593. The van der Waals surface area contributed by atoms with Crippen LogP contribution < -0.4 is 20.5 Å². The number of methoxy groups -OCH3 is 1. The first-order valence-corrected chi connectivity index (χ1v) is 11.3. The van der Waals surface area contributed by atoms with Crippen LogP contribution in [0.25, 0.3) is 4.48 Å². The lowest BCUT2D eigenvalue weighted by molar-refractivity contribution is -0.128. The molecule has 2 N–H and O–H groups in total. The van der Waals surface area contributed by atoms with E-state index in [4.69, 9.17) is 4.74 Å². The highest BCUT2D eigenvalue weighted by Gasteiger charge is 2.32. The third-order valence-corrected chi connectivity index (χ3v) is 6.63. The molecule has 0 bridgehead atoms. The molecule has 0 unspecified atom stereocenters. The average molecular weight is 516 g/mol. The second kappa shape index (κ2) is 9.35. The van der Waals surface area contributed by atoms with Crippen LogP contribution in [-0.4, -0.2) is 24.8 Å². The summed E-state index contributed by atoms with van der Waals surface area (Å²) < 4.78 is 19.9. The summed E-state index contributed by atoms with van der Waals surface area (Å²) in [5.74, 6) is -1.06. The van der Waals surface area contributed by atoms with E-state index in [0.29, 0.717) is 32.6 Å². The Balaban J connectivity index is 1.68. The predicted molar refractivity (Wildman–Crippen MR) is 125 cm³/mol. The molecule has 9 heteroatoms. The van der Waals surface area contributed by atoms with E-state index in [9.17, 15) is 18.8 Å². The minimum Gasteiger partial charge on any atom is -0.497 e. The number of carbonyl (C=O) groups excluding carboxylic acids is 3. The van der Waals surface area contributed by atoms with Crippen LogP contribution >= 0.6 is 15.9 Å². The van der Waals surface area contributed by atoms with Crippen molar-refractivity contribution in [1.29, 1.82) is 0 Å². The monoisotopic (exact) mass is 515 g/mol. The van der Waals surface area contributed by atoms with E-state index in [1.807, 2.05) is 0 Å². The number of rotatable bonds is 5. The second-order valence-electron chi connectivity index (χ2n) is 8.13. The zero-order valence-electron chi connectivity index (χ0n) is 18.2. The number of ether oxygens (including phenoxy) is 1. The van der Waals surface area contributed by atoms with Crippen LogP contribution in [0.5, 0.6) is 5.75 Å². The molecule has 0 aromatic heterocycles. The molecular formula is C24H23BrFN3O4. The number of nitrogens with zero attached hydrogens (tertiary/aromatic N) is 1. The minimum absolute atomic E-state index is 0.0722. The average Bonchev–Trinajstić information content (AvgIpc) is 3.66. The number of amides is 3. The van der Waals surface area contributed by atoms with Crippen LogP contribution in [0.1, 0.15) is 36.0 Å². The van der Waals surface area contributed by atoms with Crippen molar-refractivity contribution in [1.82, 2.24) is 10.9 Å². The van der Waals surface area contributed by atoms with E-state index in [-0.39, 0.29) is 42.1 Å². The van der Waals surface area contributed by atoms with Crippen LogP contribution in [0.4, 0.5) is 10.1 Å². The number of carbonyl (C=O) groups is 3. The molecule has 2 aromatic rings. The lowest BCUT2D eigenvalue weighted by atomic mass is 10.1. The molecule has 0 spiro atoms. The zero-order chi connectivity index (χ0) is 23.7. The number of nitrogens with one attached hydrogen (secondary N) is 2. The molecule has 4 rings (SSSR count). The van der Waals surface area contributed by atoms with Gasteiger partial charge in [-0.2, -0.15) is 0 Å². The number of aryl methyl sites for hydroxylation is 1. The van der Waals surface area contributed by atoms with Crippen molar-refractivity contribution in [3.63, 3.8) is 0 Å². The number of anilines is 1. The van der Waals surface area contributed by atoms with Crippen LogP contribution in [0.2, 0.25) is 0 Å². The summed E-state index contributed by atoms with van der Waals surface area (Å²) in [7, 11) is 1.52. The molecule has 1 fully saturated rings. The first-order valence-electron chi connectivity index (χ1n) is 10.5. The fraction of sp³-hybridized carbons (Fsp3) is 0.292. The standard InChI is InChI=1S/C24H23BrFN3O4/c1-13-3-4-14(9-19(13)26)12-29-20-10-16(33-2)7-8-17(20)22(25)18(11-21(29)30)24(32)28-27-23(31)15-5-6-15/h3-4,7-10,15H,5-6,11-12H2,1-2H3,(H,27,31)(H,28,32). The summed E-state index contributed by atoms with van der Waals surface area (Å²) in [4.78, 5) is 39.6. The first-order chi connectivity index (χ1) is 15.8. The summed E-state index contributed by atoms with van der Waals surface area (Å²) in [5, 5.41) is 0. The smallest absolute Gasteiger partial charge is 0.267 e. The van der Waals surface area contributed by atoms with Gasteiger partial charge in [0.05, 0.1) is 25.8 Å². The molecular weight excluding hydrogens is 493 g/mol. The van der Waals surface area contributed by atoms with Gasteiger partial charge in [-0.1, -0.05) is 12.1 Å². The molecule has 2 aromatic carbocycles. The van der Waals surface area contributed by atoms with E-state index < -0.39 is 5.91 Å². The number of halogens is 2. The summed E-state index contributed by atoms with van der Waals surface area (Å²) >= 11 is 3.49. The molecule has 0 atom stereocenters. The Bertz CT molecular complexity index is 1180. The van der Waals surface area contributed by atoms with Gasteiger partial charge in [-0.05, 0) is 65.0 Å². The molecule has 1 aliphatic heterocycles. The maximum absolute atomic E-state index is 14.1. The molecule has 3 amide bonds. The van der Waals surface area contributed by atoms with E-state index in [1.54, 1.807) is 37.3 Å². The van der Waals surface area contributed by atoms with Crippen molar-refractivity contribution in [3.8, 4) is 5.75 Å². The summed E-state index contributed by atoms with van der Waals surface area (Å²) in [6.45, 7) is 1.79. The van der Waals surface area contributed by atoms with E-state index >= 15 is 0 Å². The van der Waals surface area contributed by atoms with Crippen molar-refractivity contribution in [2.45, 2.75) is 32.7 Å². The Kier molecular flexibility index (Phi) is 6.51. The molecule has 1 aliphatic carbocycles. The van der Waals surface area contributed by atoms with Gasteiger partial charge in [0.1, 0.15) is 11.6 Å². The number of benzene rings is 2. The topological polar surface area (TPSA) is 87.7 Å². The van der Waals surface area contributed by atoms with Gasteiger partial charge in [-0.3, -0.25) is 25.2 Å². The highest BCUT2D eigenvalue weighted by molar-refractivity contribution is 9.15. The number of hydrazine groups is 1. The van der Waals surface area contributed by atoms with Gasteiger partial charge < -0.3 is 9.64 Å². The molecule has 0 radical (unpaired) electrons. The van der Waals surface area contributed by atoms with E-state index in [2.05, 4.69) is 26.8 Å². The third-order valence-electron chi connectivity index (χ3n) is 5.72. The molecule has 172 valence electrons. The number of fused-ring (bicyclic) bond motifs is 1. The van der Waals surface area contributed by atoms with Gasteiger partial charge in [0.25, 0.3) is 5.91 Å². The Labute approximate surface area is 199 Å². The maximum Gasteiger partial charge on any atom is 0.267 e. The SMILES string of the molecule is COc1ccc2c(c1)N(Cc1ccc(C)c(F)c1)C(=O)CC(C(=O)NNC(=O)C1CC1)=C2Br. The lowest BCUT2D eigenvalue weighted by Gasteiger charge is -2.24. The van der Waals surface area contributed by atoms with E-state index in [0.717, 1.165) is 12.8 Å². The number of hydrogen-bond acceptors (Lipinski definition) is 4. The van der Waals surface area contributed by atoms with Crippen LogP contribution in [-0.2, 0) is 20.9 Å². The highest BCUT2D eigenvalue weighted by Crippen LogP contribution is 2.40. The van der Waals surface area contributed by atoms with Gasteiger partial charge in [0, 0.05) is 27.6 Å². The molecule has 2 aliphatic rings. The number of hydrogen-bond donors (Lipinski definition) is 2. The molecule has 1 heterocycles.